The molecule has 2 rings (SSSR count). The van der Waals surface area contributed by atoms with E-state index in [9.17, 15) is 8.78 Å². The molecule has 5 heteroatoms. The molecule has 0 bridgehead atoms. The number of para-hydroxylation sites is 1. The lowest BCUT2D eigenvalue weighted by atomic mass is 10.2. The highest BCUT2D eigenvalue weighted by Gasteiger charge is 2.05. The molecule has 0 amide bonds. The van der Waals surface area contributed by atoms with Gasteiger partial charge < -0.3 is 11.1 Å². The molecule has 0 aliphatic carbocycles. The number of aromatic nitrogens is 1. The van der Waals surface area contributed by atoms with Gasteiger partial charge in [-0.3, -0.25) is 0 Å². The van der Waals surface area contributed by atoms with Gasteiger partial charge in [-0.2, -0.15) is 0 Å². The van der Waals surface area contributed by atoms with Crippen molar-refractivity contribution in [1.29, 1.82) is 0 Å². The quantitative estimate of drug-likeness (QED) is 0.804. The second-order valence-electron chi connectivity index (χ2n) is 3.54. The normalized spacial score (nSPS) is 10.2. The van der Waals surface area contributed by atoms with Gasteiger partial charge in [-0.1, -0.05) is 18.2 Å². The monoisotopic (exact) mass is 235 g/mol. The van der Waals surface area contributed by atoms with Crippen LogP contribution < -0.4 is 11.1 Å². The Kier molecular flexibility index (Phi) is 3.18. The van der Waals surface area contributed by atoms with Crippen LogP contribution in [0.25, 0.3) is 0 Å². The molecular weight excluding hydrogens is 224 g/mol. The molecule has 0 atom stereocenters. The van der Waals surface area contributed by atoms with Gasteiger partial charge in [-0.25, -0.2) is 13.8 Å². The van der Waals surface area contributed by atoms with Gasteiger partial charge >= 0.3 is 0 Å². The van der Waals surface area contributed by atoms with Crippen molar-refractivity contribution in [2.45, 2.75) is 6.54 Å². The lowest BCUT2D eigenvalue weighted by Crippen LogP contribution is -2.06. The van der Waals surface area contributed by atoms with Crippen LogP contribution in [-0.4, -0.2) is 4.98 Å². The minimum Gasteiger partial charge on any atom is -0.398 e. The first kappa shape index (κ1) is 11.3. The van der Waals surface area contributed by atoms with Crippen molar-refractivity contribution in [2.24, 2.45) is 0 Å². The summed E-state index contributed by atoms with van der Waals surface area (Å²) >= 11 is 0. The zero-order valence-corrected chi connectivity index (χ0v) is 8.95. The molecule has 3 nitrogen and oxygen atoms in total. The highest BCUT2D eigenvalue weighted by atomic mass is 19.1. The fourth-order valence-electron chi connectivity index (χ4n) is 1.42. The van der Waals surface area contributed by atoms with Crippen molar-refractivity contribution in [3.05, 3.63) is 53.7 Å². The number of halogens is 2. The average molecular weight is 235 g/mol. The van der Waals surface area contributed by atoms with Gasteiger partial charge in [-0.15, -0.1) is 0 Å². The predicted octanol–water partition coefficient (Wildman–Crippen LogP) is 2.55. The number of hydrogen-bond donors (Lipinski definition) is 2. The van der Waals surface area contributed by atoms with Crippen LogP contribution in [-0.2, 0) is 6.54 Å². The van der Waals surface area contributed by atoms with E-state index in [-0.39, 0.29) is 5.82 Å². The van der Waals surface area contributed by atoms with E-state index < -0.39 is 11.6 Å². The summed E-state index contributed by atoms with van der Waals surface area (Å²) in [6.45, 7) is 0.336. The Morgan fingerprint density at radius 2 is 2.00 bits per heavy atom. The molecule has 0 aliphatic heterocycles. The minimum atomic E-state index is -0.723. The molecule has 17 heavy (non-hydrogen) atoms. The molecule has 0 saturated heterocycles. The van der Waals surface area contributed by atoms with E-state index in [4.69, 9.17) is 5.73 Å². The SMILES string of the molecule is Nc1ccccc1CNc1ncc(F)cc1F. The number of rotatable bonds is 3. The first-order valence-corrected chi connectivity index (χ1v) is 5.05. The smallest absolute Gasteiger partial charge is 0.168 e. The van der Waals surface area contributed by atoms with Crippen molar-refractivity contribution in [3.63, 3.8) is 0 Å². The Labute approximate surface area is 97.3 Å². The van der Waals surface area contributed by atoms with E-state index in [0.717, 1.165) is 17.8 Å². The number of nitrogens with one attached hydrogen (secondary N) is 1. The van der Waals surface area contributed by atoms with Crippen molar-refractivity contribution < 1.29 is 8.78 Å². The predicted molar refractivity (Wildman–Crippen MR) is 62.3 cm³/mol. The van der Waals surface area contributed by atoms with Crippen LogP contribution in [0.15, 0.2) is 36.5 Å². The summed E-state index contributed by atoms with van der Waals surface area (Å²) in [6, 6.07) is 8.01. The van der Waals surface area contributed by atoms with Crippen LogP contribution >= 0.6 is 0 Å². The minimum absolute atomic E-state index is 0.00894. The zero-order valence-electron chi connectivity index (χ0n) is 8.95. The van der Waals surface area contributed by atoms with Crippen LogP contribution in [0, 0.1) is 11.6 Å². The maximum Gasteiger partial charge on any atom is 0.168 e. The van der Waals surface area contributed by atoms with E-state index in [1.165, 1.54) is 0 Å². The molecule has 0 aliphatic rings. The Bertz CT molecular complexity index is 529. The standard InChI is InChI=1S/C12H11F2N3/c13-9-5-10(14)12(17-7-9)16-6-8-3-1-2-4-11(8)15/h1-5,7H,6,15H2,(H,16,17). The molecule has 1 heterocycles. The largest absolute Gasteiger partial charge is 0.398 e. The number of anilines is 2. The first-order chi connectivity index (χ1) is 8.16. The molecule has 0 radical (unpaired) electrons. The summed E-state index contributed by atoms with van der Waals surface area (Å²) in [7, 11) is 0. The summed E-state index contributed by atoms with van der Waals surface area (Å²) in [4.78, 5) is 3.62. The molecule has 0 fully saturated rings. The van der Waals surface area contributed by atoms with Crippen LogP contribution in [0.3, 0.4) is 0 Å². The summed E-state index contributed by atoms with van der Waals surface area (Å²) in [5.41, 5.74) is 7.18. The molecule has 0 saturated carbocycles. The number of pyridine rings is 1. The van der Waals surface area contributed by atoms with Gasteiger partial charge in [0.2, 0.25) is 0 Å². The van der Waals surface area contributed by atoms with Crippen molar-refractivity contribution in [2.75, 3.05) is 11.1 Å². The Balaban J connectivity index is 2.10. The van der Waals surface area contributed by atoms with E-state index >= 15 is 0 Å². The zero-order chi connectivity index (χ0) is 12.3. The van der Waals surface area contributed by atoms with Gasteiger partial charge in [0.15, 0.2) is 11.6 Å². The van der Waals surface area contributed by atoms with Crippen molar-refractivity contribution >= 4 is 11.5 Å². The van der Waals surface area contributed by atoms with E-state index in [0.29, 0.717) is 12.2 Å². The van der Waals surface area contributed by atoms with Gasteiger partial charge in [-0.05, 0) is 11.6 Å². The lowest BCUT2D eigenvalue weighted by Gasteiger charge is -2.08. The third-order valence-corrected chi connectivity index (χ3v) is 2.31. The molecule has 1 aromatic carbocycles. The van der Waals surface area contributed by atoms with E-state index in [1.807, 2.05) is 18.2 Å². The second-order valence-corrected chi connectivity index (χ2v) is 3.54. The van der Waals surface area contributed by atoms with Gasteiger partial charge in [0, 0.05) is 18.3 Å². The maximum atomic E-state index is 13.3. The maximum absolute atomic E-state index is 13.3. The molecular formula is C12H11F2N3. The van der Waals surface area contributed by atoms with Gasteiger partial charge in [0.1, 0.15) is 5.82 Å². The molecule has 1 aromatic heterocycles. The Morgan fingerprint density at radius 3 is 2.71 bits per heavy atom. The summed E-state index contributed by atoms with van der Waals surface area (Å²) in [5.74, 6) is -1.42. The summed E-state index contributed by atoms with van der Waals surface area (Å²) in [5, 5.41) is 2.76. The third-order valence-electron chi connectivity index (χ3n) is 2.31. The molecule has 0 unspecified atom stereocenters. The van der Waals surface area contributed by atoms with Crippen molar-refractivity contribution in [1.82, 2.24) is 4.98 Å². The van der Waals surface area contributed by atoms with Crippen LogP contribution in [0.4, 0.5) is 20.3 Å². The highest BCUT2D eigenvalue weighted by molar-refractivity contribution is 5.48. The Hall–Kier alpha value is -2.17. The summed E-state index contributed by atoms with van der Waals surface area (Å²) < 4.78 is 25.9. The van der Waals surface area contributed by atoms with E-state index in [2.05, 4.69) is 10.3 Å². The van der Waals surface area contributed by atoms with Crippen LogP contribution in [0.5, 0.6) is 0 Å². The fraction of sp³-hybridized carbons (Fsp3) is 0.0833. The van der Waals surface area contributed by atoms with Crippen molar-refractivity contribution in [3.8, 4) is 0 Å². The Morgan fingerprint density at radius 1 is 1.24 bits per heavy atom. The van der Waals surface area contributed by atoms with Gasteiger partial charge in [0.25, 0.3) is 0 Å². The molecule has 88 valence electrons. The summed E-state index contributed by atoms with van der Waals surface area (Å²) in [6.07, 6.45) is 0.958. The number of benzene rings is 1. The number of nitrogen functional groups attached to an aromatic ring is 1. The third kappa shape index (κ3) is 2.69. The topological polar surface area (TPSA) is 50.9 Å². The lowest BCUT2D eigenvalue weighted by molar-refractivity contribution is 0.575. The first-order valence-electron chi connectivity index (χ1n) is 5.05. The highest BCUT2D eigenvalue weighted by Crippen LogP contribution is 2.15. The van der Waals surface area contributed by atoms with Gasteiger partial charge in [0.05, 0.1) is 6.20 Å². The van der Waals surface area contributed by atoms with Crippen LogP contribution in [0.2, 0.25) is 0 Å². The second kappa shape index (κ2) is 4.78. The number of hydrogen-bond acceptors (Lipinski definition) is 3. The molecule has 0 spiro atoms. The van der Waals surface area contributed by atoms with Crippen LogP contribution in [0.1, 0.15) is 5.56 Å². The number of nitrogens with zero attached hydrogens (tertiary/aromatic N) is 1. The van der Waals surface area contributed by atoms with E-state index in [1.54, 1.807) is 6.07 Å². The molecule has 3 N–H and O–H groups in total. The molecule has 2 aromatic rings. The number of nitrogens with two attached hydrogens (primary N) is 1. The fourth-order valence-corrected chi connectivity index (χ4v) is 1.42. The average Bonchev–Trinajstić information content (AvgIpc) is 2.30.